The zero-order valence-corrected chi connectivity index (χ0v) is 21.6. The fourth-order valence-electron chi connectivity index (χ4n) is 3.42. The summed E-state index contributed by atoms with van der Waals surface area (Å²) in [4.78, 5) is 48.2. The van der Waals surface area contributed by atoms with Crippen molar-refractivity contribution >= 4 is 75.4 Å². The van der Waals surface area contributed by atoms with E-state index in [-0.39, 0.29) is 16.7 Å². The molecule has 2 amide bonds. The number of hydrogen-bond acceptors (Lipinski definition) is 14. The second-order valence-corrected chi connectivity index (χ2v) is 11.4. The van der Waals surface area contributed by atoms with Crippen LogP contribution in [0.5, 0.6) is 0 Å². The quantitative estimate of drug-likeness (QED) is 0.0863. The molecule has 4 rings (SSSR count). The Morgan fingerprint density at radius 3 is 2.86 bits per heavy atom. The number of carbonyl (C=O) groups excluding carboxylic acids is 2. The van der Waals surface area contributed by atoms with Gasteiger partial charge in [0.1, 0.15) is 17.1 Å². The molecule has 0 spiro atoms. The van der Waals surface area contributed by atoms with E-state index in [2.05, 4.69) is 24.8 Å². The minimum Gasteiger partial charge on any atom is -0.477 e. The number of carboxylic acid groups (broad SMARTS) is 1. The highest BCUT2D eigenvalue weighted by Gasteiger charge is 2.54. The molecule has 4 heterocycles. The molecule has 17 heteroatoms. The van der Waals surface area contributed by atoms with Crippen LogP contribution in [-0.2, 0) is 20.1 Å². The van der Waals surface area contributed by atoms with Crippen LogP contribution in [0, 0.1) is 0 Å². The third-order valence-electron chi connectivity index (χ3n) is 5.01. The van der Waals surface area contributed by atoms with Crippen molar-refractivity contribution in [1.82, 2.24) is 24.6 Å². The molecular formula is C19H20N8O5S4. The van der Waals surface area contributed by atoms with E-state index in [9.17, 15) is 24.7 Å². The van der Waals surface area contributed by atoms with Crippen molar-refractivity contribution in [3.8, 4) is 0 Å². The first-order valence-corrected chi connectivity index (χ1v) is 14.1. The van der Waals surface area contributed by atoms with Crippen molar-refractivity contribution in [2.24, 2.45) is 10.9 Å². The van der Waals surface area contributed by atoms with Gasteiger partial charge in [-0.2, -0.15) is 21.1 Å². The maximum atomic E-state index is 12.9. The number of thioether (sulfide) groups is 3. The summed E-state index contributed by atoms with van der Waals surface area (Å²) in [5, 5.41) is 24.0. The molecular weight excluding hydrogens is 549 g/mol. The van der Waals surface area contributed by atoms with Gasteiger partial charge >= 0.3 is 5.97 Å². The number of rotatable bonds is 10. The summed E-state index contributed by atoms with van der Waals surface area (Å²) >= 11 is 5.05. The van der Waals surface area contributed by atoms with Crippen LogP contribution in [0.1, 0.15) is 11.4 Å². The number of hydrogen-bond donors (Lipinski definition) is 5. The number of nitrogens with zero attached hydrogens (tertiary/aromatic N) is 5. The molecule has 1 fully saturated rings. The summed E-state index contributed by atoms with van der Waals surface area (Å²) in [7, 11) is 0. The van der Waals surface area contributed by atoms with Crippen molar-refractivity contribution < 1.29 is 24.7 Å². The van der Waals surface area contributed by atoms with E-state index in [1.54, 1.807) is 24.2 Å². The predicted molar refractivity (Wildman–Crippen MR) is 138 cm³/mol. The van der Waals surface area contributed by atoms with E-state index in [0.717, 1.165) is 32.6 Å². The van der Waals surface area contributed by atoms with Crippen LogP contribution in [0.15, 0.2) is 39.1 Å². The molecule has 0 radical (unpaired) electrons. The van der Waals surface area contributed by atoms with Gasteiger partial charge in [-0.25, -0.2) is 4.79 Å². The minimum atomic E-state index is -1.25. The second-order valence-electron chi connectivity index (χ2n) is 7.27. The highest BCUT2D eigenvalue weighted by molar-refractivity contribution is 8.06. The normalized spacial score (nSPS) is 19.6. The average molecular weight is 569 g/mol. The number of carboxylic acids is 1. The number of aromatic nitrogens is 3. The summed E-state index contributed by atoms with van der Waals surface area (Å²) in [6.45, 7) is 0.555. The Labute approximate surface area is 221 Å². The number of fused-ring (bicyclic) bond motifs is 1. The van der Waals surface area contributed by atoms with Crippen LogP contribution in [0.3, 0.4) is 0 Å². The van der Waals surface area contributed by atoms with Gasteiger partial charge in [-0.1, -0.05) is 16.9 Å². The standard InChI is InChI=1S/C19H20N8O5S4/c20-2-4-33-6-8-1-3-22-5-9(8)35-10-7-34-17-12(16(29)27(17)13(10)18(30)31)23-15(28)11(25-32)14-24-19(21)36-26-14/h1,3,5,12,17,32H,2,4,6-7,20H2,(H,23,28)(H,30,31)(H2,21,24,26)/b25-11-. The molecule has 2 aromatic rings. The van der Waals surface area contributed by atoms with E-state index in [4.69, 9.17) is 11.5 Å². The van der Waals surface area contributed by atoms with E-state index in [1.807, 2.05) is 6.07 Å². The smallest absolute Gasteiger partial charge is 0.353 e. The Hall–Kier alpha value is -2.86. The topological polar surface area (TPSA) is 210 Å². The van der Waals surface area contributed by atoms with Gasteiger partial charge in [-0.3, -0.25) is 19.5 Å². The van der Waals surface area contributed by atoms with Gasteiger partial charge in [0, 0.05) is 57.5 Å². The van der Waals surface area contributed by atoms with Gasteiger partial charge in [0.05, 0.1) is 0 Å². The van der Waals surface area contributed by atoms with Crippen molar-refractivity contribution in [1.29, 1.82) is 0 Å². The maximum absolute atomic E-state index is 12.9. The van der Waals surface area contributed by atoms with E-state index in [1.165, 1.54) is 23.5 Å². The zero-order valence-electron chi connectivity index (χ0n) is 18.4. The summed E-state index contributed by atoms with van der Waals surface area (Å²) < 4.78 is 3.83. The molecule has 0 aromatic carbocycles. The van der Waals surface area contributed by atoms with Gasteiger partial charge in [0.15, 0.2) is 5.13 Å². The molecule has 2 aliphatic rings. The van der Waals surface area contributed by atoms with Gasteiger partial charge in [-0.15, -0.1) is 11.8 Å². The third-order valence-corrected chi connectivity index (χ3v) is 9.23. The lowest BCUT2D eigenvalue weighted by Crippen LogP contribution is -2.71. The van der Waals surface area contributed by atoms with Crippen LogP contribution >= 0.6 is 46.8 Å². The number of aliphatic carboxylic acids is 1. The maximum Gasteiger partial charge on any atom is 0.353 e. The SMILES string of the molecule is NCCSCc1ccncc1SC1=C(C(=O)O)N2C(=O)C(NC(=O)/C(=N\O)c3nsc(N)n3)C2SC1. The molecule has 2 aromatic heterocycles. The summed E-state index contributed by atoms with van der Waals surface area (Å²) in [5.41, 5.74) is 11.4. The molecule has 0 bridgehead atoms. The molecule has 0 saturated carbocycles. The molecule has 190 valence electrons. The van der Waals surface area contributed by atoms with Crippen LogP contribution in [0.2, 0.25) is 0 Å². The van der Waals surface area contributed by atoms with Gasteiger partial charge < -0.3 is 27.1 Å². The van der Waals surface area contributed by atoms with Crippen LogP contribution in [0.4, 0.5) is 5.13 Å². The number of nitrogen functional groups attached to an aromatic ring is 1. The molecule has 7 N–H and O–H groups in total. The summed E-state index contributed by atoms with van der Waals surface area (Å²) in [6, 6.07) is 0.856. The fraction of sp³-hybridized carbons (Fsp3) is 0.316. The highest BCUT2D eigenvalue weighted by Crippen LogP contribution is 2.45. The Bertz CT molecular complexity index is 1250. The number of anilines is 1. The molecule has 2 aliphatic heterocycles. The predicted octanol–water partition coefficient (Wildman–Crippen LogP) is 0.374. The minimum absolute atomic E-state index is 0.0729. The van der Waals surface area contributed by atoms with Crippen LogP contribution in [-0.4, -0.2) is 82.5 Å². The Kier molecular flexibility index (Phi) is 8.35. The van der Waals surface area contributed by atoms with Gasteiger partial charge in [0.25, 0.3) is 11.8 Å². The largest absolute Gasteiger partial charge is 0.477 e. The number of nitrogens with one attached hydrogen (secondary N) is 1. The summed E-state index contributed by atoms with van der Waals surface area (Å²) in [6.07, 6.45) is 3.34. The third kappa shape index (κ3) is 5.29. The van der Waals surface area contributed by atoms with Crippen LogP contribution in [0.25, 0.3) is 0 Å². The Balaban J connectivity index is 1.51. The number of oxime groups is 1. The molecule has 2 atom stereocenters. The number of carbonyl (C=O) groups is 3. The Morgan fingerprint density at radius 2 is 2.19 bits per heavy atom. The van der Waals surface area contributed by atoms with Crippen molar-refractivity contribution in [3.05, 3.63) is 40.5 Å². The lowest BCUT2D eigenvalue weighted by molar-refractivity contribution is -0.150. The highest BCUT2D eigenvalue weighted by atomic mass is 32.2. The van der Waals surface area contributed by atoms with E-state index >= 15 is 0 Å². The van der Waals surface area contributed by atoms with Crippen molar-refractivity contribution in [2.75, 3.05) is 23.8 Å². The number of amides is 2. The first-order chi connectivity index (χ1) is 17.3. The molecule has 1 saturated heterocycles. The lowest BCUT2D eigenvalue weighted by Gasteiger charge is -2.49. The second kappa shape index (κ2) is 11.5. The van der Waals surface area contributed by atoms with Gasteiger partial charge in [-0.05, 0) is 11.6 Å². The first kappa shape index (κ1) is 26.2. The Morgan fingerprint density at radius 1 is 1.39 bits per heavy atom. The van der Waals surface area contributed by atoms with E-state index in [0.29, 0.717) is 23.0 Å². The monoisotopic (exact) mass is 568 g/mol. The number of pyridine rings is 1. The van der Waals surface area contributed by atoms with E-state index < -0.39 is 34.9 Å². The van der Waals surface area contributed by atoms with Crippen molar-refractivity contribution in [3.63, 3.8) is 0 Å². The molecule has 13 nitrogen and oxygen atoms in total. The summed E-state index contributed by atoms with van der Waals surface area (Å²) in [5.74, 6) is -1.12. The molecule has 2 unspecified atom stereocenters. The lowest BCUT2D eigenvalue weighted by atomic mass is 10.0. The van der Waals surface area contributed by atoms with Crippen molar-refractivity contribution in [2.45, 2.75) is 22.1 Å². The van der Waals surface area contributed by atoms with Crippen LogP contribution < -0.4 is 16.8 Å². The molecule has 0 aliphatic carbocycles. The number of nitrogens with two attached hydrogens (primary N) is 2. The molecule has 36 heavy (non-hydrogen) atoms. The average Bonchev–Trinajstić information content (AvgIpc) is 3.29. The fourth-order valence-corrected chi connectivity index (χ4v) is 7.30. The first-order valence-electron chi connectivity index (χ1n) is 10.3. The number of β-lactam (4-membered cyclic amide) rings is 1. The van der Waals surface area contributed by atoms with Gasteiger partial charge in [0.2, 0.25) is 11.5 Å². The zero-order chi connectivity index (χ0) is 25.8.